The third-order valence-corrected chi connectivity index (χ3v) is 5.61. The molecule has 0 atom stereocenters. The second-order valence-corrected chi connectivity index (χ2v) is 7.69. The highest BCUT2D eigenvalue weighted by Gasteiger charge is 2.29. The van der Waals surface area contributed by atoms with E-state index in [4.69, 9.17) is 17.0 Å². The van der Waals surface area contributed by atoms with Crippen LogP contribution in [0.5, 0.6) is 5.75 Å². The van der Waals surface area contributed by atoms with E-state index in [0.717, 1.165) is 40.7 Å². The molecule has 1 aliphatic heterocycles. The molecule has 0 spiro atoms. The number of rotatable bonds is 7. The van der Waals surface area contributed by atoms with Crippen molar-refractivity contribution in [1.29, 1.82) is 0 Å². The highest BCUT2D eigenvalue weighted by atomic mass is 32.1. The summed E-state index contributed by atoms with van der Waals surface area (Å²) in [6, 6.07) is 16.3. The predicted molar refractivity (Wildman–Crippen MR) is 124 cm³/mol. The molecule has 5 nitrogen and oxygen atoms in total. The molecule has 6 heteroatoms. The van der Waals surface area contributed by atoms with Crippen molar-refractivity contribution in [3.63, 3.8) is 0 Å². The highest BCUT2D eigenvalue weighted by Crippen LogP contribution is 2.25. The number of hydrogen-bond acceptors (Lipinski definition) is 3. The van der Waals surface area contributed by atoms with Crippen molar-refractivity contribution in [1.82, 2.24) is 14.8 Å². The van der Waals surface area contributed by atoms with Gasteiger partial charge in [-0.1, -0.05) is 36.4 Å². The SMILES string of the molecule is CCN1C(=O)/C(=C\c2cn(CCCOc3ccccc3C)c3ccccc23)NC1=S. The molecule has 0 aliphatic carbocycles. The largest absolute Gasteiger partial charge is 0.493 e. The second-order valence-electron chi connectivity index (χ2n) is 7.30. The Morgan fingerprint density at radius 3 is 2.67 bits per heavy atom. The van der Waals surface area contributed by atoms with E-state index in [1.54, 1.807) is 4.90 Å². The molecule has 1 aliphatic rings. The Labute approximate surface area is 181 Å². The molecule has 4 rings (SSSR count). The Bertz CT molecular complexity index is 1130. The minimum Gasteiger partial charge on any atom is -0.493 e. The fourth-order valence-electron chi connectivity index (χ4n) is 3.72. The number of fused-ring (bicyclic) bond motifs is 1. The molecule has 0 bridgehead atoms. The van der Waals surface area contributed by atoms with Gasteiger partial charge in [0.25, 0.3) is 5.91 Å². The number of nitrogens with zero attached hydrogens (tertiary/aromatic N) is 2. The summed E-state index contributed by atoms with van der Waals surface area (Å²) in [4.78, 5) is 14.1. The van der Waals surface area contributed by atoms with E-state index < -0.39 is 0 Å². The van der Waals surface area contributed by atoms with Gasteiger partial charge in [0.05, 0.1) is 6.61 Å². The number of likely N-dealkylation sites (N-methyl/N-ethyl adjacent to an activating group) is 1. The number of aryl methyl sites for hydroxylation is 2. The van der Waals surface area contributed by atoms with Crippen molar-refractivity contribution in [2.75, 3.05) is 13.2 Å². The third kappa shape index (κ3) is 3.96. The molecule has 154 valence electrons. The zero-order valence-corrected chi connectivity index (χ0v) is 18.0. The van der Waals surface area contributed by atoms with Crippen LogP contribution in [0.15, 0.2) is 60.4 Å². The number of thiocarbonyl (C=S) groups is 1. The lowest BCUT2D eigenvalue weighted by Gasteiger charge is -2.09. The van der Waals surface area contributed by atoms with Crippen LogP contribution in [0.1, 0.15) is 24.5 Å². The van der Waals surface area contributed by atoms with Crippen molar-refractivity contribution >= 4 is 40.2 Å². The number of amides is 1. The van der Waals surface area contributed by atoms with E-state index in [2.05, 4.69) is 41.2 Å². The molecule has 2 aromatic carbocycles. The molecule has 1 N–H and O–H groups in total. The quantitative estimate of drug-likeness (QED) is 0.348. The van der Waals surface area contributed by atoms with Gasteiger partial charge in [0.2, 0.25) is 0 Å². The van der Waals surface area contributed by atoms with Gasteiger partial charge in [-0.25, -0.2) is 0 Å². The molecule has 1 fully saturated rings. The summed E-state index contributed by atoms with van der Waals surface area (Å²) in [6.45, 7) is 6.01. The minimum atomic E-state index is -0.0778. The zero-order chi connectivity index (χ0) is 21.1. The fraction of sp³-hybridized carbons (Fsp3) is 0.250. The molecule has 0 radical (unpaired) electrons. The van der Waals surface area contributed by atoms with Crippen LogP contribution in [0, 0.1) is 6.92 Å². The molecule has 0 saturated carbocycles. The summed E-state index contributed by atoms with van der Waals surface area (Å²) in [7, 11) is 0. The number of carbonyl (C=O) groups is 1. The lowest BCUT2D eigenvalue weighted by atomic mass is 10.1. The lowest BCUT2D eigenvalue weighted by molar-refractivity contribution is -0.122. The zero-order valence-electron chi connectivity index (χ0n) is 17.2. The van der Waals surface area contributed by atoms with Gasteiger partial charge in [-0.3, -0.25) is 9.69 Å². The smallest absolute Gasteiger partial charge is 0.276 e. The number of ether oxygens (including phenoxy) is 1. The minimum absolute atomic E-state index is 0.0778. The molecular formula is C24H25N3O2S. The Hall–Kier alpha value is -3.12. The summed E-state index contributed by atoms with van der Waals surface area (Å²) in [5.74, 6) is 0.855. The first-order valence-corrected chi connectivity index (χ1v) is 10.6. The van der Waals surface area contributed by atoms with Crippen molar-refractivity contribution in [3.05, 3.63) is 71.6 Å². The van der Waals surface area contributed by atoms with Crippen LogP contribution in [0.3, 0.4) is 0 Å². The molecule has 30 heavy (non-hydrogen) atoms. The summed E-state index contributed by atoms with van der Waals surface area (Å²) in [5, 5.41) is 4.62. The average Bonchev–Trinajstić information content (AvgIpc) is 3.23. The summed E-state index contributed by atoms with van der Waals surface area (Å²) in [5.41, 5.74) is 3.81. The van der Waals surface area contributed by atoms with E-state index in [1.165, 1.54) is 0 Å². The maximum absolute atomic E-state index is 12.6. The van der Waals surface area contributed by atoms with Gasteiger partial charge in [-0.15, -0.1) is 0 Å². The summed E-state index contributed by atoms with van der Waals surface area (Å²) >= 11 is 5.27. The van der Waals surface area contributed by atoms with Crippen LogP contribution in [0.2, 0.25) is 0 Å². The summed E-state index contributed by atoms with van der Waals surface area (Å²) < 4.78 is 8.16. The molecule has 2 heterocycles. The third-order valence-electron chi connectivity index (χ3n) is 5.29. The standard InChI is InChI=1S/C24H25N3O2S/c1-3-27-23(28)20(25-24(27)30)15-18-16-26(21-11-6-5-10-19(18)21)13-8-14-29-22-12-7-4-9-17(22)2/h4-7,9-12,15-16H,3,8,13-14H2,1-2H3,(H,25,30)/b20-15+. The molecule has 1 saturated heterocycles. The highest BCUT2D eigenvalue weighted by molar-refractivity contribution is 7.80. The number of para-hydroxylation sites is 2. The molecular weight excluding hydrogens is 394 g/mol. The van der Waals surface area contributed by atoms with Gasteiger partial charge >= 0.3 is 0 Å². The van der Waals surface area contributed by atoms with E-state index in [1.807, 2.05) is 43.3 Å². The van der Waals surface area contributed by atoms with Gasteiger partial charge in [0.15, 0.2) is 5.11 Å². The number of aromatic nitrogens is 1. The van der Waals surface area contributed by atoms with Crippen molar-refractivity contribution in [3.8, 4) is 5.75 Å². The number of hydrogen-bond donors (Lipinski definition) is 1. The van der Waals surface area contributed by atoms with Gasteiger partial charge in [0, 0.05) is 35.8 Å². The van der Waals surface area contributed by atoms with Gasteiger partial charge in [0.1, 0.15) is 11.4 Å². The lowest BCUT2D eigenvalue weighted by Crippen LogP contribution is -2.30. The first-order valence-electron chi connectivity index (χ1n) is 10.2. The average molecular weight is 420 g/mol. The Balaban J connectivity index is 1.51. The maximum Gasteiger partial charge on any atom is 0.276 e. The van der Waals surface area contributed by atoms with Crippen LogP contribution in [0.4, 0.5) is 0 Å². The first-order chi connectivity index (χ1) is 14.6. The van der Waals surface area contributed by atoms with Crippen LogP contribution in [-0.4, -0.2) is 33.6 Å². The monoisotopic (exact) mass is 419 g/mol. The van der Waals surface area contributed by atoms with Gasteiger partial charge < -0.3 is 14.6 Å². The van der Waals surface area contributed by atoms with Crippen LogP contribution < -0.4 is 10.1 Å². The van der Waals surface area contributed by atoms with E-state index in [-0.39, 0.29) is 5.91 Å². The Kier molecular flexibility index (Phi) is 5.86. The first kappa shape index (κ1) is 20.2. The molecule has 0 unspecified atom stereocenters. The van der Waals surface area contributed by atoms with Crippen molar-refractivity contribution < 1.29 is 9.53 Å². The van der Waals surface area contributed by atoms with Crippen LogP contribution in [-0.2, 0) is 11.3 Å². The van der Waals surface area contributed by atoms with E-state index >= 15 is 0 Å². The number of carbonyl (C=O) groups excluding carboxylic acids is 1. The summed E-state index contributed by atoms with van der Waals surface area (Å²) in [6.07, 6.45) is 4.87. The van der Waals surface area contributed by atoms with Gasteiger partial charge in [-0.05, 0) is 56.3 Å². The van der Waals surface area contributed by atoms with Gasteiger partial charge in [-0.2, -0.15) is 0 Å². The molecule has 1 amide bonds. The molecule has 3 aromatic rings. The number of nitrogens with one attached hydrogen (secondary N) is 1. The normalized spacial score (nSPS) is 15.3. The van der Waals surface area contributed by atoms with Crippen molar-refractivity contribution in [2.24, 2.45) is 0 Å². The van der Waals surface area contributed by atoms with E-state index in [0.29, 0.717) is 24.0 Å². The topological polar surface area (TPSA) is 46.5 Å². The predicted octanol–water partition coefficient (Wildman–Crippen LogP) is 4.50. The van der Waals surface area contributed by atoms with Crippen LogP contribution >= 0.6 is 12.2 Å². The van der Waals surface area contributed by atoms with Crippen molar-refractivity contribution in [2.45, 2.75) is 26.8 Å². The second kappa shape index (κ2) is 8.71. The maximum atomic E-state index is 12.6. The molecule has 1 aromatic heterocycles. The van der Waals surface area contributed by atoms with E-state index in [9.17, 15) is 4.79 Å². The number of benzene rings is 2. The van der Waals surface area contributed by atoms with Crippen LogP contribution in [0.25, 0.3) is 17.0 Å². The Morgan fingerprint density at radius 2 is 1.90 bits per heavy atom. The fourth-order valence-corrected chi connectivity index (χ4v) is 4.05. The Morgan fingerprint density at radius 1 is 1.13 bits per heavy atom.